The number of rotatable bonds is 3. The normalized spacial score (nSPS) is 32.2. The van der Waals surface area contributed by atoms with Crippen molar-refractivity contribution in [3.8, 4) is 0 Å². The Morgan fingerprint density at radius 2 is 2.00 bits per heavy atom. The van der Waals surface area contributed by atoms with Crippen molar-refractivity contribution in [3.05, 3.63) is 0 Å². The van der Waals surface area contributed by atoms with Gasteiger partial charge in [0.2, 0.25) is 0 Å². The lowest BCUT2D eigenvalue weighted by Gasteiger charge is -2.34. The first kappa shape index (κ1) is 8.52. The van der Waals surface area contributed by atoms with Gasteiger partial charge >= 0.3 is 0 Å². The standard InChI is InChI=1S/C10H19NO/c12-8-10-3-1-2-6-11(10)7-9-4-5-9/h9-10,12H,1-8H2. The van der Waals surface area contributed by atoms with E-state index in [1.165, 1.54) is 45.2 Å². The fourth-order valence-electron chi connectivity index (χ4n) is 2.14. The Kier molecular flexibility index (Phi) is 2.66. The first-order valence-corrected chi connectivity index (χ1v) is 5.25. The maximum Gasteiger partial charge on any atom is 0.0586 e. The molecule has 2 aliphatic rings. The Labute approximate surface area is 74.6 Å². The molecule has 1 atom stereocenters. The van der Waals surface area contributed by atoms with Gasteiger partial charge in [0, 0.05) is 12.6 Å². The molecule has 2 heteroatoms. The predicted molar refractivity (Wildman–Crippen MR) is 49.0 cm³/mol. The first-order valence-electron chi connectivity index (χ1n) is 5.25. The molecule has 1 saturated carbocycles. The largest absolute Gasteiger partial charge is 0.395 e. The maximum absolute atomic E-state index is 9.15. The van der Waals surface area contributed by atoms with Crippen molar-refractivity contribution in [3.63, 3.8) is 0 Å². The van der Waals surface area contributed by atoms with Gasteiger partial charge in [-0.1, -0.05) is 6.42 Å². The molecule has 0 aromatic rings. The summed E-state index contributed by atoms with van der Waals surface area (Å²) in [7, 11) is 0. The third kappa shape index (κ3) is 1.99. The molecule has 1 unspecified atom stereocenters. The van der Waals surface area contributed by atoms with E-state index in [4.69, 9.17) is 5.11 Å². The molecule has 1 saturated heterocycles. The molecule has 0 radical (unpaired) electrons. The van der Waals surface area contributed by atoms with Crippen LogP contribution in [0.3, 0.4) is 0 Å². The summed E-state index contributed by atoms with van der Waals surface area (Å²) in [6.45, 7) is 2.85. The fourth-order valence-corrected chi connectivity index (χ4v) is 2.14. The predicted octanol–water partition coefficient (Wildman–Crippen LogP) is 1.24. The van der Waals surface area contributed by atoms with Gasteiger partial charge in [0.05, 0.1) is 6.61 Å². The smallest absolute Gasteiger partial charge is 0.0586 e. The van der Waals surface area contributed by atoms with Gasteiger partial charge in [-0.05, 0) is 38.1 Å². The summed E-state index contributed by atoms with van der Waals surface area (Å²) >= 11 is 0. The molecule has 0 bridgehead atoms. The molecule has 0 aromatic heterocycles. The topological polar surface area (TPSA) is 23.5 Å². The van der Waals surface area contributed by atoms with Crippen LogP contribution in [0.25, 0.3) is 0 Å². The van der Waals surface area contributed by atoms with Gasteiger partial charge in [-0.3, -0.25) is 4.90 Å². The van der Waals surface area contributed by atoms with Crippen LogP contribution in [0.2, 0.25) is 0 Å². The molecule has 2 fully saturated rings. The summed E-state index contributed by atoms with van der Waals surface area (Å²) < 4.78 is 0. The van der Waals surface area contributed by atoms with E-state index in [1.807, 2.05) is 0 Å². The van der Waals surface area contributed by atoms with Crippen molar-refractivity contribution in [2.24, 2.45) is 5.92 Å². The van der Waals surface area contributed by atoms with Crippen molar-refractivity contribution in [2.75, 3.05) is 19.7 Å². The number of aliphatic hydroxyl groups is 1. The van der Waals surface area contributed by atoms with E-state index in [0.717, 1.165) is 5.92 Å². The van der Waals surface area contributed by atoms with Crippen LogP contribution in [-0.2, 0) is 0 Å². The Morgan fingerprint density at radius 3 is 2.67 bits per heavy atom. The average molecular weight is 169 g/mol. The van der Waals surface area contributed by atoms with Gasteiger partial charge in [-0.15, -0.1) is 0 Å². The highest BCUT2D eigenvalue weighted by molar-refractivity contribution is 4.83. The van der Waals surface area contributed by atoms with Gasteiger partial charge in [0.15, 0.2) is 0 Å². The van der Waals surface area contributed by atoms with E-state index in [0.29, 0.717) is 12.6 Å². The van der Waals surface area contributed by atoms with E-state index < -0.39 is 0 Å². The third-order valence-corrected chi connectivity index (χ3v) is 3.15. The molecule has 1 heterocycles. The number of hydrogen-bond acceptors (Lipinski definition) is 2. The summed E-state index contributed by atoms with van der Waals surface area (Å²) in [5.74, 6) is 0.970. The monoisotopic (exact) mass is 169 g/mol. The molecular weight excluding hydrogens is 150 g/mol. The minimum absolute atomic E-state index is 0.368. The van der Waals surface area contributed by atoms with E-state index in [9.17, 15) is 0 Å². The summed E-state index contributed by atoms with van der Waals surface area (Å²) in [6.07, 6.45) is 6.71. The highest BCUT2D eigenvalue weighted by Gasteiger charge is 2.28. The lowest BCUT2D eigenvalue weighted by Crippen LogP contribution is -2.42. The van der Waals surface area contributed by atoms with Gasteiger partial charge < -0.3 is 5.11 Å². The second-order valence-corrected chi connectivity index (χ2v) is 4.27. The quantitative estimate of drug-likeness (QED) is 0.687. The summed E-state index contributed by atoms with van der Waals surface area (Å²) in [5, 5.41) is 9.15. The number of likely N-dealkylation sites (tertiary alicyclic amines) is 1. The zero-order valence-electron chi connectivity index (χ0n) is 7.71. The van der Waals surface area contributed by atoms with Crippen molar-refractivity contribution in [1.29, 1.82) is 0 Å². The molecule has 1 N–H and O–H groups in total. The van der Waals surface area contributed by atoms with Crippen LogP contribution in [0.5, 0.6) is 0 Å². The second kappa shape index (κ2) is 3.75. The minimum Gasteiger partial charge on any atom is -0.395 e. The molecule has 1 aliphatic carbocycles. The number of hydrogen-bond donors (Lipinski definition) is 1. The van der Waals surface area contributed by atoms with E-state index in [-0.39, 0.29) is 0 Å². The molecule has 12 heavy (non-hydrogen) atoms. The average Bonchev–Trinajstić information content (AvgIpc) is 2.89. The Bertz CT molecular complexity index is 145. The molecular formula is C10H19NO. The van der Waals surface area contributed by atoms with Crippen LogP contribution < -0.4 is 0 Å². The maximum atomic E-state index is 9.15. The summed E-state index contributed by atoms with van der Waals surface area (Å²) in [4.78, 5) is 2.50. The van der Waals surface area contributed by atoms with Crippen LogP contribution in [0, 0.1) is 5.92 Å². The van der Waals surface area contributed by atoms with Crippen molar-refractivity contribution < 1.29 is 5.11 Å². The summed E-state index contributed by atoms with van der Waals surface area (Å²) in [5.41, 5.74) is 0. The van der Waals surface area contributed by atoms with Gasteiger partial charge in [-0.2, -0.15) is 0 Å². The number of piperidine rings is 1. The fraction of sp³-hybridized carbons (Fsp3) is 1.00. The molecule has 2 rings (SSSR count). The molecule has 2 nitrogen and oxygen atoms in total. The molecule has 0 spiro atoms. The Balaban J connectivity index is 1.81. The highest BCUT2D eigenvalue weighted by Crippen LogP contribution is 2.31. The zero-order chi connectivity index (χ0) is 8.39. The highest BCUT2D eigenvalue weighted by atomic mass is 16.3. The van der Waals surface area contributed by atoms with Gasteiger partial charge in [0.25, 0.3) is 0 Å². The lowest BCUT2D eigenvalue weighted by molar-refractivity contribution is 0.0863. The number of nitrogens with zero attached hydrogens (tertiary/aromatic N) is 1. The minimum atomic E-state index is 0.368. The second-order valence-electron chi connectivity index (χ2n) is 4.27. The number of aliphatic hydroxyl groups excluding tert-OH is 1. The molecule has 70 valence electrons. The van der Waals surface area contributed by atoms with Crippen LogP contribution in [0.1, 0.15) is 32.1 Å². The molecule has 0 amide bonds. The lowest BCUT2D eigenvalue weighted by atomic mass is 10.0. The van der Waals surface area contributed by atoms with Crippen LogP contribution in [0.15, 0.2) is 0 Å². The Hall–Kier alpha value is -0.0800. The molecule has 1 aliphatic heterocycles. The van der Waals surface area contributed by atoms with Gasteiger partial charge in [0.1, 0.15) is 0 Å². The van der Waals surface area contributed by atoms with Crippen molar-refractivity contribution in [2.45, 2.75) is 38.1 Å². The van der Waals surface area contributed by atoms with E-state index in [2.05, 4.69) is 4.90 Å². The van der Waals surface area contributed by atoms with Gasteiger partial charge in [-0.25, -0.2) is 0 Å². The van der Waals surface area contributed by atoms with Crippen LogP contribution in [0.4, 0.5) is 0 Å². The van der Waals surface area contributed by atoms with Crippen LogP contribution >= 0.6 is 0 Å². The third-order valence-electron chi connectivity index (χ3n) is 3.15. The Morgan fingerprint density at radius 1 is 1.17 bits per heavy atom. The van der Waals surface area contributed by atoms with Crippen molar-refractivity contribution in [1.82, 2.24) is 4.90 Å². The summed E-state index contributed by atoms with van der Waals surface area (Å²) in [6, 6.07) is 0.486. The first-order chi connectivity index (χ1) is 5.90. The van der Waals surface area contributed by atoms with E-state index >= 15 is 0 Å². The van der Waals surface area contributed by atoms with E-state index in [1.54, 1.807) is 0 Å². The molecule has 0 aromatic carbocycles. The zero-order valence-corrected chi connectivity index (χ0v) is 7.71. The van der Waals surface area contributed by atoms with Crippen LogP contribution in [-0.4, -0.2) is 35.7 Å². The SMILES string of the molecule is OCC1CCCCN1CC1CC1. The van der Waals surface area contributed by atoms with Crippen molar-refractivity contribution >= 4 is 0 Å².